The molecule has 0 radical (unpaired) electrons. The molecule has 0 saturated carbocycles. The van der Waals surface area contributed by atoms with Crippen molar-refractivity contribution in [2.24, 2.45) is 0 Å². The summed E-state index contributed by atoms with van der Waals surface area (Å²) in [5, 5.41) is 20.8. The molecule has 0 amide bonds. The van der Waals surface area contributed by atoms with E-state index in [9.17, 15) is 11.0 Å². The highest BCUT2D eigenvalue weighted by atomic mass is 16.3. The van der Waals surface area contributed by atoms with Gasteiger partial charge in [-0.3, -0.25) is 0 Å². The van der Waals surface area contributed by atoms with Gasteiger partial charge in [0, 0.05) is 60.6 Å². The Morgan fingerprint density at radius 1 is 0.183 bits per heavy atom. The van der Waals surface area contributed by atoms with Crippen LogP contribution < -0.4 is 9.80 Å². The quantitative estimate of drug-likeness (QED) is 0.114. The number of benzene rings is 22. The Kier molecular flexibility index (Phi) is 14.9. The third kappa shape index (κ3) is 11.7. The lowest BCUT2D eigenvalue weighted by Gasteiger charge is -2.28. The fourth-order valence-corrected chi connectivity index (χ4v) is 18.5. The highest BCUT2D eigenvalue weighted by Gasteiger charge is 2.26. The van der Waals surface area contributed by atoms with Crippen LogP contribution in [0.2, 0.25) is 0 Å². The van der Waals surface area contributed by atoms with Crippen LogP contribution in [0.5, 0.6) is 0 Å². The molecular weight excluding hydrogens is 1450 g/mol. The monoisotopic (exact) mass is 1530 g/mol. The summed E-state index contributed by atoms with van der Waals surface area (Å²) in [6.45, 7) is 0. The summed E-state index contributed by atoms with van der Waals surface area (Å²) < 4.78 is 90.7. The van der Waals surface area contributed by atoms with E-state index in [1.54, 1.807) is 0 Å². The molecule has 2 aromatic heterocycles. The van der Waals surface area contributed by atoms with Gasteiger partial charge in [-0.1, -0.05) is 370 Å². The van der Waals surface area contributed by atoms with Gasteiger partial charge in [0.15, 0.2) is 0 Å². The lowest BCUT2D eigenvalue weighted by Crippen LogP contribution is -2.10. The van der Waals surface area contributed by atoms with Gasteiger partial charge < -0.3 is 18.6 Å². The number of hydrogen-bond acceptors (Lipinski definition) is 4. The van der Waals surface area contributed by atoms with Crippen LogP contribution in [-0.4, -0.2) is 0 Å². The maximum absolute atomic E-state index is 9.87. The van der Waals surface area contributed by atoms with Gasteiger partial charge in [0.1, 0.15) is 22.3 Å². The second kappa shape index (κ2) is 29.1. The van der Waals surface area contributed by atoms with E-state index in [2.05, 4.69) is 243 Å². The summed E-state index contributed by atoms with van der Waals surface area (Å²) in [7, 11) is 0. The highest BCUT2D eigenvalue weighted by molar-refractivity contribution is 6.24. The zero-order valence-electron chi connectivity index (χ0n) is 72.8. The molecule has 0 aliphatic rings. The summed E-state index contributed by atoms with van der Waals surface area (Å²) in [5.74, 6) is 0. The minimum atomic E-state index is -0.155. The Morgan fingerprint density at radius 3 is 0.917 bits per heavy atom. The minimum Gasteiger partial charge on any atom is -0.456 e. The van der Waals surface area contributed by atoms with Crippen molar-refractivity contribution in [3.63, 3.8) is 0 Å². The van der Waals surface area contributed by atoms with E-state index < -0.39 is 0 Å². The van der Waals surface area contributed by atoms with Crippen LogP contribution in [0.3, 0.4) is 0 Å². The first-order valence-corrected chi connectivity index (χ1v) is 40.5. The SMILES string of the molecule is [2H]c1c([2H])c(N(c2ccc(-c3c(-c4ccccc4)c4ccccc4c4ccccc34)cc2)c2cc3ccccc3c3ccccc23)c([2H])c([2H])c1-c1cccc2c1oc1ccccc12.[2H]c1c([2H])c(N(c2ccc(-c3c(-c4ccccc4)c4ccccc4c4ccccc34)cc2)c2cc3ccccc3c3ccccc23)c([2H])c([2H])c1-c1cccc2oc3ccccc3c12. The number of furan rings is 2. The predicted molar refractivity (Wildman–Crippen MR) is 509 cm³/mol. The second-order valence-electron chi connectivity index (χ2n) is 30.5. The van der Waals surface area contributed by atoms with Crippen molar-refractivity contribution in [1.29, 1.82) is 0 Å². The number of fused-ring (bicyclic) bond motifs is 18. The molecule has 0 spiro atoms. The van der Waals surface area contributed by atoms with Gasteiger partial charge >= 0.3 is 0 Å². The first-order valence-electron chi connectivity index (χ1n) is 44.5. The Hall–Kier alpha value is -15.9. The van der Waals surface area contributed by atoms with E-state index in [0.717, 1.165) is 137 Å². The molecule has 120 heavy (non-hydrogen) atoms. The Balaban J connectivity index is 0.000000146. The maximum Gasteiger partial charge on any atom is 0.143 e. The smallest absolute Gasteiger partial charge is 0.143 e. The molecule has 0 saturated heterocycles. The van der Waals surface area contributed by atoms with Gasteiger partial charge in [-0.25, -0.2) is 0 Å². The molecule has 0 N–H and O–H groups in total. The normalized spacial score (nSPS) is 12.6. The van der Waals surface area contributed by atoms with Crippen LogP contribution >= 0.6 is 0 Å². The number of nitrogens with zero attached hydrogens (tertiary/aromatic N) is 2. The molecule has 0 aliphatic heterocycles. The van der Waals surface area contributed by atoms with Gasteiger partial charge in [-0.2, -0.15) is 0 Å². The zero-order valence-corrected chi connectivity index (χ0v) is 64.8. The first-order chi connectivity index (χ1) is 62.9. The Bertz CT molecular complexity index is 8630. The summed E-state index contributed by atoms with van der Waals surface area (Å²) >= 11 is 0. The minimum absolute atomic E-state index is 0.129. The molecule has 0 fully saturated rings. The van der Waals surface area contributed by atoms with Crippen LogP contribution in [0.1, 0.15) is 11.0 Å². The molecular formula is C116H74N2O2. The lowest BCUT2D eigenvalue weighted by molar-refractivity contribution is 0.669. The molecule has 0 atom stereocenters. The third-order valence-electron chi connectivity index (χ3n) is 23.8. The lowest BCUT2D eigenvalue weighted by atomic mass is 9.85. The van der Waals surface area contributed by atoms with Crippen molar-refractivity contribution in [2.75, 3.05) is 9.80 Å². The van der Waals surface area contributed by atoms with Crippen LogP contribution in [0.4, 0.5) is 34.1 Å². The molecule has 560 valence electrons. The predicted octanol–water partition coefficient (Wildman–Crippen LogP) is 33.3. The molecule has 24 aromatic rings. The summed E-state index contributed by atoms with van der Waals surface area (Å²) in [6.07, 6.45) is 0. The van der Waals surface area contributed by atoms with E-state index in [0.29, 0.717) is 44.8 Å². The van der Waals surface area contributed by atoms with Crippen LogP contribution in [0.15, 0.2) is 458 Å². The van der Waals surface area contributed by atoms with Crippen molar-refractivity contribution >= 4 is 164 Å². The summed E-state index contributed by atoms with van der Waals surface area (Å²) in [6, 6.07) is 135. The van der Waals surface area contributed by atoms with Gasteiger partial charge in [0.2, 0.25) is 0 Å². The summed E-state index contributed by atoms with van der Waals surface area (Å²) in [4.78, 5) is 3.84. The Labute approximate surface area is 705 Å². The molecule has 0 bridgehead atoms. The van der Waals surface area contributed by atoms with Gasteiger partial charge in [0.05, 0.1) is 22.3 Å². The van der Waals surface area contributed by atoms with Crippen molar-refractivity contribution in [3.05, 3.63) is 449 Å². The van der Waals surface area contributed by atoms with Crippen LogP contribution in [-0.2, 0) is 0 Å². The summed E-state index contributed by atoms with van der Waals surface area (Å²) in [5.41, 5.74) is 16.1. The van der Waals surface area contributed by atoms with Crippen LogP contribution in [0, 0.1) is 0 Å². The molecule has 0 aliphatic carbocycles. The van der Waals surface area contributed by atoms with Gasteiger partial charge in [-0.15, -0.1) is 0 Å². The molecule has 22 aromatic carbocycles. The Morgan fingerprint density at radius 2 is 0.483 bits per heavy atom. The largest absolute Gasteiger partial charge is 0.456 e. The standard InChI is InChI=1S/2C58H37NO/c1-2-15-39(16-3-1)56-51-24-10-7-20-47(51)48-21-8-11-25-52(48)57(56)40-31-35-43(36-32-40)59(54-37-41-17-4-5-18-44(41)46-19-6-9-22-49(46)54)42-33-29-38(30-34-42)45-26-14-27-53-50-23-12-13-28-55(50)60-58(45)53;1-2-15-39(16-3-1)56-50-23-10-7-20-47(50)48-21-8-11-24-51(48)57(56)40-31-35-43(36-32-40)59(53-37-41-17-4-5-18-44(41)46-19-6-9-22-49(46)53)42-33-29-38(30-34-42)45-26-14-28-55-58(45)52-25-12-13-27-54(52)60-55/h2*1-37H/i2*29D,30D,33D,34D. The molecule has 4 nitrogen and oxygen atoms in total. The number of anilines is 6. The maximum atomic E-state index is 9.87. The van der Waals surface area contributed by atoms with E-state index in [4.69, 9.17) is 8.83 Å². The second-order valence-corrected chi connectivity index (χ2v) is 30.5. The molecule has 0 unspecified atom stereocenters. The average molecular weight is 1540 g/mol. The van der Waals surface area contributed by atoms with Crippen molar-refractivity contribution in [3.8, 4) is 66.8 Å². The van der Waals surface area contributed by atoms with Crippen LogP contribution in [0.25, 0.3) is 197 Å². The number of rotatable bonds is 12. The van der Waals surface area contributed by atoms with E-state index >= 15 is 0 Å². The van der Waals surface area contributed by atoms with Crippen molar-refractivity contribution < 1.29 is 19.8 Å². The molecule has 24 rings (SSSR count). The van der Waals surface area contributed by atoms with Crippen molar-refractivity contribution in [1.82, 2.24) is 0 Å². The third-order valence-corrected chi connectivity index (χ3v) is 23.8. The van der Waals surface area contributed by atoms with E-state index in [1.165, 1.54) is 26.9 Å². The fraction of sp³-hybridized carbons (Fsp3) is 0. The van der Waals surface area contributed by atoms with Gasteiger partial charge in [0.25, 0.3) is 0 Å². The topological polar surface area (TPSA) is 32.8 Å². The van der Waals surface area contributed by atoms with Crippen molar-refractivity contribution in [2.45, 2.75) is 0 Å². The number of para-hydroxylation sites is 3. The number of hydrogen-bond donors (Lipinski definition) is 0. The van der Waals surface area contributed by atoms with Gasteiger partial charge in [-0.05, 0) is 215 Å². The first kappa shape index (κ1) is 61.6. The van der Waals surface area contributed by atoms with E-state index in [-0.39, 0.29) is 70.8 Å². The zero-order chi connectivity index (χ0) is 86.1. The highest BCUT2D eigenvalue weighted by Crippen LogP contribution is 2.51. The van der Waals surface area contributed by atoms with E-state index in [1.807, 2.05) is 168 Å². The fourth-order valence-electron chi connectivity index (χ4n) is 18.5. The average Bonchev–Trinajstić information content (AvgIpc) is 1.18. The molecule has 2 heterocycles. The molecule has 4 heteroatoms.